The number of hydrogen-bond acceptors (Lipinski definition) is 7. The molecule has 0 radical (unpaired) electrons. The number of aryl methyl sites for hydroxylation is 1. The summed E-state index contributed by atoms with van der Waals surface area (Å²) in [5.41, 5.74) is 3.84. The van der Waals surface area contributed by atoms with Crippen LogP contribution in [0.25, 0.3) is 33.3 Å². The van der Waals surface area contributed by atoms with Gasteiger partial charge in [0.2, 0.25) is 0 Å². The molecule has 0 atom stereocenters. The molecular formula is C30H35ClN6O3Si. The molecule has 11 heteroatoms. The zero-order valence-electron chi connectivity index (χ0n) is 23.9. The summed E-state index contributed by atoms with van der Waals surface area (Å²) in [5.74, 6) is 2.02. The second-order valence-electron chi connectivity index (χ2n) is 12.2. The molecule has 5 aromatic rings. The van der Waals surface area contributed by atoms with E-state index in [9.17, 15) is 5.11 Å². The summed E-state index contributed by atoms with van der Waals surface area (Å²) < 4.78 is 16.1. The first-order valence-electron chi connectivity index (χ1n) is 14.0. The van der Waals surface area contributed by atoms with Crippen LogP contribution in [-0.2, 0) is 18.0 Å². The van der Waals surface area contributed by atoms with Gasteiger partial charge in [0, 0.05) is 32.5 Å². The Kier molecular flexibility index (Phi) is 7.35. The van der Waals surface area contributed by atoms with Crippen molar-refractivity contribution in [2.75, 3.05) is 6.61 Å². The normalized spacial score (nSPS) is 15.0. The molecule has 0 saturated heterocycles. The van der Waals surface area contributed by atoms with Crippen LogP contribution in [0.5, 0.6) is 11.5 Å². The molecule has 1 saturated carbocycles. The lowest BCUT2D eigenvalue weighted by molar-refractivity contribution is -0.0498. The number of rotatable bonds is 10. The van der Waals surface area contributed by atoms with Gasteiger partial charge in [-0.25, -0.2) is 9.97 Å². The van der Waals surface area contributed by atoms with Crippen LogP contribution in [0, 0.1) is 6.92 Å². The molecule has 41 heavy (non-hydrogen) atoms. The topological polar surface area (TPSA) is 100 Å². The zero-order valence-corrected chi connectivity index (χ0v) is 25.6. The summed E-state index contributed by atoms with van der Waals surface area (Å²) in [7, 11) is -1.16. The zero-order chi connectivity index (χ0) is 28.8. The van der Waals surface area contributed by atoms with Crippen LogP contribution in [-0.4, -0.2) is 54.7 Å². The Morgan fingerprint density at radius 2 is 1.88 bits per heavy atom. The summed E-state index contributed by atoms with van der Waals surface area (Å²) in [6.07, 6.45) is 7.99. The minimum Gasteiger partial charge on any atom is -0.456 e. The minimum absolute atomic E-state index is 0.382. The fraction of sp³-hybridized carbons (Fsp3) is 0.400. The summed E-state index contributed by atoms with van der Waals surface area (Å²) in [5, 5.41) is 15.3. The average Bonchev–Trinajstić information content (AvgIpc) is 3.50. The lowest BCUT2D eigenvalue weighted by atomic mass is 9.80. The highest BCUT2D eigenvalue weighted by Gasteiger charge is 2.35. The Morgan fingerprint density at radius 1 is 1.07 bits per heavy atom. The first kappa shape index (κ1) is 27.8. The van der Waals surface area contributed by atoms with Gasteiger partial charge in [-0.15, -0.1) is 0 Å². The van der Waals surface area contributed by atoms with E-state index in [4.69, 9.17) is 26.1 Å². The summed E-state index contributed by atoms with van der Waals surface area (Å²) >= 11 is 6.83. The van der Waals surface area contributed by atoms with Crippen molar-refractivity contribution < 1.29 is 14.6 Å². The van der Waals surface area contributed by atoms with E-state index in [1.54, 1.807) is 17.1 Å². The van der Waals surface area contributed by atoms with Gasteiger partial charge in [0.1, 0.15) is 34.6 Å². The largest absolute Gasteiger partial charge is 0.456 e. The molecule has 6 rings (SSSR count). The van der Waals surface area contributed by atoms with Gasteiger partial charge in [-0.3, -0.25) is 9.67 Å². The lowest BCUT2D eigenvalue weighted by Gasteiger charge is -2.36. The fourth-order valence-corrected chi connectivity index (χ4v) is 5.98. The second kappa shape index (κ2) is 10.8. The SMILES string of the molecule is Cc1nc2ccc(Oc3ccc4ncc(-c5cnn(CC6(O)CCC6)c5)nc4c3Cl)cc2n1COCC[Si](C)(C)C. The summed E-state index contributed by atoms with van der Waals surface area (Å²) in [6.45, 7) is 10.7. The maximum absolute atomic E-state index is 10.5. The number of imidazole rings is 1. The monoisotopic (exact) mass is 590 g/mol. The van der Waals surface area contributed by atoms with E-state index in [-0.39, 0.29) is 0 Å². The predicted molar refractivity (Wildman–Crippen MR) is 163 cm³/mol. The van der Waals surface area contributed by atoms with Crippen molar-refractivity contribution in [2.45, 2.75) is 70.7 Å². The molecule has 1 aliphatic rings. The second-order valence-corrected chi connectivity index (χ2v) is 18.2. The van der Waals surface area contributed by atoms with Crippen LogP contribution >= 0.6 is 11.6 Å². The van der Waals surface area contributed by atoms with Gasteiger partial charge in [-0.1, -0.05) is 31.2 Å². The van der Waals surface area contributed by atoms with Gasteiger partial charge in [-0.05, 0) is 56.5 Å². The van der Waals surface area contributed by atoms with E-state index in [1.807, 2.05) is 43.5 Å². The highest BCUT2D eigenvalue weighted by atomic mass is 35.5. The summed E-state index contributed by atoms with van der Waals surface area (Å²) in [6, 6.07) is 10.6. The average molecular weight is 591 g/mol. The van der Waals surface area contributed by atoms with Gasteiger partial charge < -0.3 is 19.1 Å². The van der Waals surface area contributed by atoms with Gasteiger partial charge in [0.25, 0.3) is 0 Å². The molecule has 214 valence electrons. The number of fused-ring (bicyclic) bond motifs is 2. The van der Waals surface area contributed by atoms with Crippen molar-refractivity contribution in [2.24, 2.45) is 0 Å². The van der Waals surface area contributed by atoms with Gasteiger partial charge in [-0.2, -0.15) is 5.10 Å². The first-order valence-corrected chi connectivity index (χ1v) is 18.1. The maximum Gasteiger partial charge on any atom is 0.148 e. The molecule has 0 unspecified atom stereocenters. The van der Waals surface area contributed by atoms with E-state index >= 15 is 0 Å². The Labute approximate surface area is 245 Å². The standard InChI is InChI=1S/C30H35ClN6O3Si/c1-20-34-23-7-6-22(14-26(23)37(20)19-39-12-13-41(2,3)4)40-27-9-8-24-29(28(27)31)35-25(16-32-24)21-15-33-36(17-21)18-30(38)10-5-11-30/h6-9,14-17,38H,5,10-13,18-19H2,1-4H3. The molecule has 0 amide bonds. The number of ether oxygens (including phenoxy) is 2. The number of halogens is 1. The van der Waals surface area contributed by atoms with Gasteiger partial charge in [0.05, 0.1) is 46.8 Å². The van der Waals surface area contributed by atoms with Crippen molar-refractivity contribution in [3.05, 3.63) is 59.8 Å². The Morgan fingerprint density at radius 3 is 2.63 bits per heavy atom. The first-order chi connectivity index (χ1) is 19.6. The van der Waals surface area contributed by atoms with Crippen molar-refractivity contribution in [1.82, 2.24) is 29.3 Å². The molecule has 1 fully saturated rings. The van der Waals surface area contributed by atoms with Crippen LogP contribution in [0.1, 0.15) is 25.1 Å². The molecule has 0 bridgehead atoms. The molecule has 2 aromatic carbocycles. The predicted octanol–water partition coefficient (Wildman–Crippen LogP) is 6.82. The number of hydrogen-bond donors (Lipinski definition) is 1. The van der Waals surface area contributed by atoms with E-state index in [2.05, 4.69) is 39.3 Å². The molecule has 9 nitrogen and oxygen atoms in total. The van der Waals surface area contributed by atoms with E-state index in [0.717, 1.165) is 54.3 Å². The molecular weight excluding hydrogens is 556 g/mol. The van der Waals surface area contributed by atoms with Gasteiger partial charge in [0.15, 0.2) is 0 Å². The third-order valence-corrected chi connectivity index (χ3v) is 9.71. The Balaban J connectivity index is 1.23. The third-order valence-electron chi connectivity index (χ3n) is 7.64. The molecule has 3 aromatic heterocycles. The van der Waals surface area contributed by atoms with Crippen LogP contribution in [0.15, 0.2) is 48.9 Å². The van der Waals surface area contributed by atoms with Crippen molar-refractivity contribution in [3.63, 3.8) is 0 Å². The summed E-state index contributed by atoms with van der Waals surface area (Å²) in [4.78, 5) is 14.1. The van der Waals surface area contributed by atoms with E-state index in [0.29, 0.717) is 46.5 Å². The van der Waals surface area contributed by atoms with Crippen LogP contribution in [0.2, 0.25) is 30.7 Å². The number of aliphatic hydroxyl groups is 1. The molecule has 1 aliphatic carbocycles. The molecule has 1 N–H and O–H groups in total. The number of benzene rings is 2. The molecule has 0 aliphatic heterocycles. The lowest BCUT2D eigenvalue weighted by Crippen LogP contribution is -2.41. The third kappa shape index (κ3) is 6.01. The quantitative estimate of drug-likeness (QED) is 0.141. The molecule has 0 spiro atoms. The molecule has 3 heterocycles. The smallest absolute Gasteiger partial charge is 0.148 e. The van der Waals surface area contributed by atoms with Crippen molar-refractivity contribution in [1.29, 1.82) is 0 Å². The van der Waals surface area contributed by atoms with Crippen molar-refractivity contribution >= 4 is 41.7 Å². The van der Waals surface area contributed by atoms with Gasteiger partial charge >= 0.3 is 0 Å². The minimum atomic E-state index is -1.16. The maximum atomic E-state index is 10.5. The Hall–Kier alpha value is -3.31. The Bertz CT molecular complexity index is 1720. The fourth-order valence-electron chi connectivity index (χ4n) is 4.98. The van der Waals surface area contributed by atoms with Crippen molar-refractivity contribution in [3.8, 4) is 22.8 Å². The van der Waals surface area contributed by atoms with Crippen LogP contribution < -0.4 is 4.74 Å². The van der Waals surface area contributed by atoms with E-state index in [1.165, 1.54) is 0 Å². The number of aromatic nitrogens is 6. The van der Waals surface area contributed by atoms with E-state index < -0.39 is 13.7 Å². The highest BCUT2D eigenvalue weighted by molar-refractivity contribution is 6.76. The van der Waals surface area contributed by atoms with Crippen LogP contribution in [0.3, 0.4) is 0 Å². The highest BCUT2D eigenvalue weighted by Crippen LogP contribution is 2.36. The van der Waals surface area contributed by atoms with Crippen LogP contribution in [0.4, 0.5) is 0 Å². The number of nitrogens with zero attached hydrogens (tertiary/aromatic N) is 6.